The summed E-state index contributed by atoms with van der Waals surface area (Å²) in [6, 6.07) is 0. The van der Waals surface area contributed by atoms with Gasteiger partial charge in [0.1, 0.15) is 0 Å². The Morgan fingerprint density at radius 3 is 1.71 bits per heavy atom. The predicted octanol–water partition coefficient (Wildman–Crippen LogP) is 0.388. The molecule has 0 aromatic carbocycles. The van der Waals surface area contributed by atoms with Crippen LogP contribution in [0.4, 0.5) is 0 Å². The van der Waals surface area contributed by atoms with Gasteiger partial charge in [-0.05, 0) is 33.0 Å². The zero-order chi connectivity index (χ0) is 15.3. The largest absolute Gasteiger partial charge is 1.00 e. The van der Waals surface area contributed by atoms with E-state index in [2.05, 4.69) is 11.8 Å². The summed E-state index contributed by atoms with van der Waals surface area (Å²) in [5, 5.41) is 0. The van der Waals surface area contributed by atoms with Gasteiger partial charge in [0.15, 0.2) is 0 Å². The normalized spacial score (nSPS) is 11.6. The van der Waals surface area contributed by atoms with Crippen molar-refractivity contribution in [2.75, 3.05) is 25.9 Å². The zero-order valence-corrected chi connectivity index (χ0v) is 17.1. The zero-order valence-electron chi connectivity index (χ0n) is 14.3. The molecule has 6 heteroatoms. The van der Waals surface area contributed by atoms with Crippen molar-refractivity contribution in [3.63, 3.8) is 0 Å². The number of hydrogen-bond donors (Lipinski definition) is 0. The van der Waals surface area contributed by atoms with Crippen LogP contribution in [0.15, 0.2) is 0 Å². The van der Waals surface area contributed by atoms with Crippen molar-refractivity contribution >= 4 is 10.1 Å². The first-order valence-electron chi connectivity index (χ1n) is 8.08. The van der Waals surface area contributed by atoms with Gasteiger partial charge in [0, 0.05) is 5.75 Å². The maximum absolute atomic E-state index is 10.5. The number of nitrogens with zero attached hydrogens (tertiary/aromatic N) is 1. The van der Waals surface area contributed by atoms with Gasteiger partial charge >= 0.3 is 29.6 Å². The van der Waals surface area contributed by atoms with E-state index in [4.69, 9.17) is 0 Å². The predicted molar refractivity (Wildman–Crippen MR) is 83.9 cm³/mol. The SMILES string of the molecule is CCCCCCCCCCCN(C)CCCS(=O)(=O)[O-].[Na+]. The molecule has 0 N–H and O–H groups in total. The second-order valence-corrected chi connectivity index (χ2v) is 7.27. The van der Waals surface area contributed by atoms with E-state index in [0.717, 1.165) is 13.0 Å². The molecule has 122 valence electrons. The van der Waals surface area contributed by atoms with E-state index < -0.39 is 10.1 Å². The third-order valence-corrected chi connectivity index (χ3v) is 4.37. The van der Waals surface area contributed by atoms with Gasteiger partial charge in [0.05, 0.1) is 10.1 Å². The molecule has 0 heterocycles. The van der Waals surface area contributed by atoms with Crippen LogP contribution in [0.5, 0.6) is 0 Å². The van der Waals surface area contributed by atoms with Crippen molar-refractivity contribution in [2.45, 2.75) is 71.1 Å². The average Bonchev–Trinajstić information content (AvgIpc) is 2.35. The van der Waals surface area contributed by atoms with Gasteiger partial charge in [0.2, 0.25) is 0 Å². The molecule has 0 bridgehead atoms. The third kappa shape index (κ3) is 20.9. The van der Waals surface area contributed by atoms with Gasteiger partial charge < -0.3 is 9.45 Å². The Hall–Kier alpha value is 0.870. The van der Waals surface area contributed by atoms with Crippen LogP contribution in [0, 0.1) is 0 Å². The van der Waals surface area contributed by atoms with Crippen LogP contribution in [-0.2, 0) is 10.1 Å². The van der Waals surface area contributed by atoms with Crippen LogP contribution in [-0.4, -0.2) is 43.8 Å². The van der Waals surface area contributed by atoms with E-state index in [1.54, 1.807) is 0 Å². The molecule has 0 aromatic rings. The Labute approximate surface area is 154 Å². The molecule has 0 aliphatic heterocycles. The van der Waals surface area contributed by atoms with Gasteiger partial charge in [-0.25, -0.2) is 8.42 Å². The summed E-state index contributed by atoms with van der Waals surface area (Å²) in [5.41, 5.74) is 0. The summed E-state index contributed by atoms with van der Waals surface area (Å²) in [4.78, 5) is 2.12. The molecule has 0 aliphatic rings. The van der Waals surface area contributed by atoms with Crippen molar-refractivity contribution < 1.29 is 42.5 Å². The molecule has 0 saturated heterocycles. The van der Waals surface area contributed by atoms with Crippen molar-refractivity contribution in [1.82, 2.24) is 4.90 Å². The molecule has 4 nitrogen and oxygen atoms in total. The molecule has 0 fully saturated rings. The Bertz CT molecular complexity index is 310. The smallest absolute Gasteiger partial charge is 0.748 e. The van der Waals surface area contributed by atoms with Crippen LogP contribution in [0.3, 0.4) is 0 Å². The van der Waals surface area contributed by atoms with E-state index in [9.17, 15) is 13.0 Å². The third-order valence-electron chi connectivity index (χ3n) is 3.58. The average molecular weight is 329 g/mol. The van der Waals surface area contributed by atoms with E-state index >= 15 is 0 Å². The molecular formula is C15H32NNaO3S. The Balaban J connectivity index is 0. The molecular weight excluding hydrogens is 297 g/mol. The van der Waals surface area contributed by atoms with Crippen LogP contribution in [0.25, 0.3) is 0 Å². The second kappa shape index (κ2) is 15.8. The van der Waals surface area contributed by atoms with Crippen molar-refractivity contribution in [3.8, 4) is 0 Å². The summed E-state index contributed by atoms with van der Waals surface area (Å²) >= 11 is 0. The van der Waals surface area contributed by atoms with Gasteiger partial charge in [0.25, 0.3) is 0 Å². The van der Waals surface area contributed by atoms with Crippen molar-refractivity contribution in [1.29, 1.82) is 0 Å². The van der Waals surface area contributed by atoms with Gasteiger partial charge in [-0.3, -0.25) is 0 Å². The second-order valence-electron chi connectivity index (χ2n) is 5.75. The molecule has 0 amide bonds. The van der Waals surface area contributed by atoms with E-state index in [-0.39, 0.29) is 35.3 Å². The fraction of sp³-hybridized carbons (Fsp3) is 1.00. The minimum Gasteiger partial charge on any atom is -0.748 e. The number of hydrogen-bond acceptors (Lipinski definition) is 4. The standard InChI is InChI=1S/C15H33NO3S.Na/c1-3-4-5-6-7-8-9-10-11-13-16(2)14-12-15-20(17,18)19;/h3-15H2,1-2H3,(H,17,18,19);/q;+1/p-1. The Kier molecular flexibility index (Phi) is 18.1. The van der Waals surface area contributed by atoms with Gasteiger partial charge in [-0.15, -0.1) is 0 Å². The minimum absolute atomic E-state index is 0. The van der Waals surface area contributed by atoms with E-state index in [1.165, 1.54) is 51.4 Å². The molecule has 0 aromatic heterocycles. The molecule has 0 unspecified atom stereocenters. The number of rotatable bonds is 14. The quantitative estimate of drug-likeness (QED) is 0.263. The first-order valence-corrected chi connectivity index (χ1v) is 9.65. The number of unbranched alkanes of at least 4 members (excludes halogenated alkanes) is 8. The molecule has 21 heavy (non-hydrogen) atoms. The summed E-state index contributed by atoms with van der Waals surface area (Å²) < 4.78 is 31.4. The minimum atomic E-state index is -4.04. The van der Waals surface area contributed by atoms with Crippen molar-refractivity contribution in [2.24, 2.45) is 0 Å². The fourth-order valence-corrected chi connectivity index (χ4v) is 2.80. The summed E-state index contributed by atoms with van der Waals surface area (Å²) in [6.45, 7) is 3.93. The maximum Gasteiger partial charge on any atom is 1.00 e. The van der Waals surface area contributed by atoms with Crippen molar-refractivity contribution in [3.05, 3.63) is 0 Å². The van der Waals surface area contributed by atoms with Crippen LogP contribution in [0.2, 0.25) is 0 Å². The summed E-state index contributed by atoms with van der Waals surface area (Å²) in [6.07, 6.45) is 12.3. The molecule has 0 rings (SSSR count). The van der Waals surface area contributed by atoms with Crippen LogP contribution in [0.1, 0.15) is 71.1 Å². The Morgan fingerprint density at radius 2 is 1.24 bits per heavy atom. The van der Waals surface area contributed by atoms with Crippen LogP contribution >= 0.6 is 0 Å². The fourth-order valence-electron chi connectivity index (χ4n) is 2.32. The summed E-state index contributed by atoms with van der Waals surface area (Å²) in [7, 11) is -2.05. The van der Waals surface area contributed by atoms with E-state index in [1.807, 2.05) is 7.05 Å². The Morgan fingerprint density at radius 1 is 0.810 bits per heavy atom. The molecule has 0 radical (unpaired) electrons. The molecule has 0 atom stereocenters. The van der Waals surface area contributed by atoms with Gasteiger partial charge in [-0.2, -0.15) is 0 Å². The monoisotopic (exact) mass is 329 g/mol. The molecule has 0 saturated carbocycles. The summed E-state index contributed by atoms with van der Waals surface area (Å²) in [5.74, 6) is -0.241. The van der Waals surface area contributed by atoms with E-state index in [0.29, 0.717) is 13.0 Å². The topological polar surface area (TPSA) is 60.4 Å². The molecule has 0 spiro atoms. The first-order chi connectivity index (χ1) is 9.45. The molecule has 0 aliphatic carbocycles. The van der Waals surface area contributed by atoms with Gasteiger partial charge in [-0.1, -0.05) is 58.3 Å². The van der Waals surface area contributed by atoms with Crippen LogP contribution < -0.4 is 29.6 Å². The maximum atomic E-state index is 10.5. The first kappa shape index (κ1) is 24.1.